The van der Waals surface area contributed by atoms with Crippen LogP contribution in [0.3, 0.4) is 0 Å². The second kappa shape index (κ2) is 4.84. The van der Waals surface area contributed by atoms with Gasteiger partial charge in [0.05, 0.1) is 11.6 Å². The Morgan fingerprint density at radius 1 is 1.31 bits per heavy atom. The Labute approximate surface area is 97.6 Å². The van der Waals surface area contributed by atoms with E-state index in [1.807, 2.05) is 19.2 Å². The van der Waals surface area contributed by atoms with Gasteiger partial charge in [0.2, 0.25) is 0 Å². The predicted molar refractivity (Wildman–Crippen MR) is 62.8 cm³/mol. The third-order valence-corrected chi connectivity index (χ3v) is 3.03. The van der Waals surface area contributed by atoms with Crippen molar-refractivity contribution in [3.8, 4) is 16.6 Å². The molecule has 80 valence electrons. The third-order valence-electron chi connectivity index (χ3n) is 2.06. The van der Waals surface area contributed by atoms with Crippen molar-refractivity contribution in [3.05, 3.63) is 34.8 Å². The number of nitrogens with one attached hydrogen (secondary N) is 1. The molecule has 0 saturated carbocycles. The molecule has 0 atom stereocenters. The van der Waals surface area contributed by atoms with Crippen LogP contribution in [0.2, 0.25) is 0 Å². The standard InChI is InChI=1S/C11H10N4S/c1-13-7-10-14-15-11(16-10)9-4-2-8(6-12)3-5-9/h2-5,13H,7H2,1H3. The second-order valence-corrected chi connectivity index (χ2v) is 4.28. The van der Waals surface area contributed by atoms with E-state index in [9.17, 15) is 0 Å². The molecule has 0 aliphatic heterocycles. The molecular weight excluding hydrogens is 220 g/mol. The van der Waals surface area contributed by atoms with Crippen molar-refractivity contribution >= 4 is 11.3 Å². The van der Waals surface area contributed by atoms with E-state index in [1.165, 1.54) is 0 Å². The SMILES string of the molecule is CNCc1nnc(-c2ccc(C#N)cc2)s1. The molecule has 0 fully saturated rings. The monoisotopic (exact) mass is 230 g/mol. The van der Waals surface area contributed by atoms with Gasteiger partial charge < -0.3 is 5.32 Å². The van der Waals surface area contributed by atoms with Crippen molar-refractivity contribution < 1.29 is 0 Å². The van der Waals surface area contributed by atoms with Crippen LogP contribution >= 0.6 is 11.3 Å². The van der Waals surface area contributed by atoms with Gasteiger partial charge in [-0.3, -0.25) is 0 Å². The fourth-order valence-corrected chi connectivity index (χ4v) is 2.14. The summed E-state index contributed by atoms with van der Waals surface area (Å²) in [7, 11) is 1.88. The minimum atomic E-state index is 0.656. The Balaban J connectivity index is 2.25. The Morgan fingerprint density at radius 3 is 2.69 bits per heavy atom. The van der Waals surface area contributed by atoms with E-state index in [0.717, 1.165) is 22.1 Å². The summed E-state index contributed by atoms with van der Waals surface area (Å²) in [6.45, 7) is 0.730. The minimum Gasteiger partial charge on any atom is -0.313 e. The summed E-state index contributed by atoms with van der Waals surface area (Å²) >= 11 is 1.56. The molecule has 4 nitrogen and oxygen atoms in total. The Bertz CT molecular complexity index is 510. The van der Waals surface area contributed by atoms with E-state index >= 15 is 0 Å². The topological polar surface area (TPSA) is 61.6 Å². The van der Waals surface area contributed by atoms with Crippen LogP contribution < -0.4 is 5.32 Å². The van der Waals surface area contributed by atoms with Crippen LogP contribution in [0.1, 0.15) is 10.6 Å². The zero-order chi connectivity index (χ0) is 11.4. The quantitative estimate of drug-likeness (QED) is 0.873. The average Bonchev–Trinajstić information content (AvgIpc) is 2.78. The van der Waals surface area contributed by atoms with E-state index in [2.05, 4.69) is 21.6 Å². The number of hydrogen-bond acceptors (Lipinski definition) is 5. The molecule has 0 aliphatic carbocycles. The summed E-state index contributed by atoms with van der Waals surface area (Å²) in [5.41, 5.74) is 1.66. The van der Waals surface area contributed by atoms with Crippen LogP contribution in [-0.2, 0) is 6.54 Å². The molecular formula is C11H10N4S. The molecule has 1 aromatic heterocycles. The van der Waals surface area contributed by atoms with Crippen molar-refractivity contribution in [2.45, 2.75) is 6.54 Å². The molecule has 1 heterocycles. The third kappa shape index (κ3) is 2.24. The molecule has 5 heteroatoms. The lowest BCUT2D eigenvalue weighted by Crippen LogP contribution is -2.04. The van der Waals surface area contributed by atoms with Gasteiger partial charge >= 0.3 is 0 Å². The molecule has 0 unspecified atom stereocenters. The van der Waals surface area contributed by atoms with Crippen LogP contribution in [0.25, 0.3) is 10.6 Å². The molecule has 0 bridgehead atoms. The molecule has 0 aliphatic rings. The van der Waals surface area contributed by atoms with Gasteiger partial charge in [0.25, 0.3) is 0 Å². The van der Waals surface area contributed by atoms with Crippen LogP contribution in [0.5, 0.6) is 0 Å². The molecule has 0 amide bonds. The van der Waals surface area contributed by atoms with Gasteiger partial charge in [-0.2, -0.15) is 5.26 Å². The van der Waals surface area contributed by atoms with E-state index in [0.29, 0.717) is 5.56 Å². The molecule has 1 N–H and O–H groups in total. The first kappa shape index (κ1) is 10.7. The summed E-state index contributed by atoms with van der Waals surface area (Å²) in [4.78, 5) is 0. The minimum absolute atomic E-state index is 0.656. The lowest BCUT2D eigenvalue weighted by molar-refractivity contribution is 0.795. The normalized spacial score (nSPS) is 10.0. The highest BCUT2D eigenvalue weighted by atomic mass is 32.1. The Morgan fingerprint density at radius 2 is 2.06 bits per heavy atom. The van der Waals surface area contributed by atoms with E-state index in [-0.39, 0.29) is 0 Å². The van der Waals surface area contributed by atoms with Gasteiger partial charge in [0, 0.05) is 12.1 Å². The summed E-state index contributed by atoms with van der Waals surface area (Å²) in [6.07, 6.45) is 0. The van der Waals surface area contributed by atoms with Gasteiger partial charge in [0.1, 0.15) is 10.0 Å². The Hall–Kier alpha value is -1.77. The highest BCUT2D eigenvalue weighted by Crippen LogP contribution is 2.23. The van der Waals surface area contributed by atoms with Crippen molar-refractivity contribution in [1.82, 2.24) is 15.5 Å². The summed E-state index contributed by atoms with van der Waals surface area (Å²) in [6, 6.07) is 9.44. The smallest absolute Gasteiger partial charge is 0.147 e. The van der Waals surface area contributed by atoms with Crippen molar-refractivity contribution in [3.63, 3.8) is 0 Å². The van der Waals surface area contributed by atoms with Gasteiger partial charge in [0.15, 0.2) is 0 Å². The maximum atomic E-state index is 8.69. The van der Waals surface area contributed by atoms with Crippen molar-refractivity contribution in [2.24, 2.45) is 0 Å². The van der Waals surface area contributed by atoms with Crippen LogP contribution in [0.4, 0.5) is 0 Å². The van der Waals surface area contributed by atoms with Gasteiger partial charge in [-0.1, -0.05) is 23.5 Å². The number of aromatic nitrogens is 2. The predicted octanol–water partition coefficient (Wildman–Crippen LogP) is 1.80. The molecule has 16 heavy (non-hydrogen) atoms. The number of nitrogens with zero attached hydrogens (tertiary/aromatic N) is 3. The lowest BCUT2D eigenvalue weighted by atomic mass is 10.2. The number of nitriles is 1. The molecule has 2 aromatic rings. The first-order valence-electron chi connectivity index (χ1n) is 4.81. The number of benzene rings is 1. The maximum Gasteiger partial charge on any atom is 0.147 e. The van der Waals surface area contributed by atoms with Crippen LogP contribution in [0, 0.1) is 11.3 Å². The zero-order valence-electron chi connectivity index (χ0n) is 8.77. The highest BCUT2D eigenvalue weighted by Gasteiger charge is 2.05. The van der Waals surface area contributed by atoms with Gasteiger partial charge in [-0.25, -0.2) is 0 Å². The molecule has 0 radical (unpaired) electrons. The summed E-state index contributed by atoms with van der Waals surface area (Å²) < 4.78 is 0. The lowest BCUT2D eigenvalue weighted by Gasteiger charge is -1.94. The fourth-order valence-electron chi connectivity index (χ4n) is 1.28. The van der Waals surface area contributed by atoms with E-state index in [1.54, 1.807) is 23.5 Å². The maximum absolute atomic E-state index is 8.69. The van der Waals surface area contributed by atoms with Crippen molar-refractivity contribution in [1.29, 1.82) is 5.26 Å². The first-order chi connectivity index (χ1) is 7.83. The summed E-state index contributed by atoms with van der Waals surface area (Å²) in [5.74, 6) is 0. The molecule has 0 spiro atoms. The molecule has 1 aromatic carbocycles. The number of rotatable bonds is 3. The van der Waals surface area contributed by atoms with Crippen LogP contribution in [0.15, 0.2) is 24.3 Å². The first-order valence-corrected chi connectivity index (χ1v) is 5.62. The van der Waals surface area contributed by atoms with Crippen LogP contribution in [-0.4, -0.2) is 17.2 Å². The second-order valence-electron chi connectivity index (χ2n) is 3.22. The fraction of sp³-hybridized carbons (Fsp3) is 0.182. The van der Waals surface area contributed by atoms with Gasteiger partial charge in [-0.15, -0.1) is 10.2 Å². The highest BCUT2D eigenvalue weighted by molar-refractivity contribution is 7.14. The summed E-state index contributed by atoms with van der Waals surface area (Å²) in [5, 5.41) is 21.7. The van der Waals surface area contributed by atoms with Gasteiger partial charge in [-0.05, 0) is 19.2 Å². The van der Waals surface area contributed by atoms with Crippen molar-refractivity contribution in [2.75, 3.05) is 7.05 Å². The largest absolute Gasteiger partial charge is 0.313 e. The molecule has 2 rings (SSSR count). The van der Waals surface area contributed by atoms with E-state index < -0.39 is 0 Å². The Kier molecular flexibility index (Phi) is 3.25. The van der Waals surface area contributed by atoms with E-state index in [4.69, 9.17) is 5.26 Å². The average molecular weight is 230 g/mol. The molecule has 0 saturated heterocycles. The number of hydrogen-bond donors (Lipinski definition) is 1. The zero-order valence-corrected chi connectivity index (χ0v) is 9.58.